The van der Waals surface area contributed by atoms with Gasteiger partial charge in [-0.1, -0.05) is 6.92 Å². The fourth-order valence-corrected chi connectivity index (χ4v) is 2.99. The first kappa shape index (κ1) is 12.4. The van der Waals surface area contributed by atoms with Crippen LogP contribution in [0.1, 0.15) is 26.7 Å². The van der Waals surface area contributed by atoms with Crippen LogP contribution < -0.4 is 4.90 Å². The molecule has 2 N–H and O–H groups in total. The first-order chi connectivity index (χ1) is 9.12. The molecule has 102 valence electrons. The molecule has 3 heterocycles. The van der Waals surface area contributed by atoms with E-state index in [1.807, 2.05) is 19.2 Å². The van der Waals surface area contributed by atoms with Gasteiger partial charge in [-0.15, -0.1) is 0 Å². The van der Waals surface area contributed by atoms with Crippen LogP contribution in [0.5, 0.6) is 0 Å². The van der Waals surface area contributed by atoms with E-state index in [1.165, 1.54) is 0 Å². The van der Waals surface area contributed by atoms with Crippen molar-refractivity contribution in [2.45, 2.75) is 32.3 Å². The lowest BCUT2D eigenvalue weighted by molar-refractivity contribution is -0.0183. The number of anilines is 1. The third kappa shape index (κ3) is 2.08. The number of fused-ring (bicyclic) bond motifs is 1. The van der Waals surface area contributed by atoms with Gasteiger partial charge >= 0.3 is 0 Å². The van der Waals surface area contributed by atoms with E-state index in [0.29, 0.717) is 0 Å². The molecule has 2 atom stereocenters. The molecule has 5 heteroatoms. The molecule has 0 aromatic carbocycles. The van der Waals surface area contributed by atoms with Gasteiger partial charge in [0, 0.05) is 25.2 Å². The van der Waals surface area contributed by atoms with Crippen molar-refractivity contribution < 1.29 is 5.11 Å². The Hall–Kier alpha value is -1.62. The Morgan fingerprint density at radius 1 is 1.53 bits per heavy atom. The smallest absolute Gasteiger partial charge is 0.142 e. The maximum absolute atomic E-state index is 10.4. The number of aromatic nitrogens is 3. The van der Waals surface area contributed by atoms with Crippen molar-refractivity contribution in [3.63, 3.8) is 0 Å². The number of nitrogens with one attached hydrogen (secondary N) is 1. The summed E-state index contributed by atoms with van der Waals surface area (Å²) in [4.78, 5) is 14.0. The lowest BCUT2D eigenvalue weighted by atomic mass is 9.81. The molecule has 0 spiro atoms. The number of rotatable bonds is 2. The molecule has 19 heavy (non-hydrogen) atoms. The highest BCUT2D eigenvalue weighted by atomic mass is 16.3. The third-order valence-corrected chi connectivity index (χ3v) is 4.33. The molecule has 1 aliphatic rings. The van der Waals surface area contributed by atoms with Gasteiger partial charge in [0.1, 0.15) is 17.8 Å². The number of nitrogens with zero attached hydrogens (tertiary/aromatic N) is 3. The number of hydrogen-bond donors (Lipinski definition) is 2. The highest BCUT2D eigenvalue weighted by Crippen LogP contribution is 2.33. The van der Waals surface area contributed by atoms with Gasteiger partial charge in [-0.25, -0.2) is 9.97 Å². The van der Waals surface area contributed by atoms with Crippen LogP contribution in [0.25, 0.3) is 11.0 Å². The Bertz CT molecular complexity index is 578. The summed E-state index contributed by atoms with van der Waals surface area (Å²) in [6, 6.07) is 2.01. The minimum absolute atomic E-state index is 0.283. The summed E-state index contributed by atoms with van der Waals surface area (Å²) in [5, 5.41) is 11.5. The first-order valence-electron chi connectivity index (χ1n) is 6.87. The van der Waals surface area contributed by atoms with Gasteiger partial charge in [-0.3, -0.25) is 0 Å². The molecule has 2 aromatic rings. The molecule has 1 saturated heterocycles. The largest absolute Gasteiger partial charge is 0.390 e. The summed E-state index contributed by atoms with van der Waals surface area (Å²) in [6.45, 7) is 5.76. The van der Waals surface area contributed by atoms with Gasteiger partial charge in [0.15, 0.2) is 0 Å². The third-order valence-electron chi connectivity index (χ3n) is 4.33. The normalized spacial score (nSPS) is 27.9. The first-order valence-corrected chi connectivity index (χ1v) is 6.87. The van der Waals surface area contributed by atoms with Crippen molar-refractivity contribution >= 4 is 16.9 Å². The fraction of sp³-hybridized carbons (Fsp3) is 0.571. The highest BCUT2D eigenvalue weighted by molar-refractivity contribution is 5.87. The van der Waals surface area contributed by atoms with Crippen LogP contribution in [0.2, 0.25) is 0 Å². The molecule has 0 amide bonds. The van der Waals surface area contributed by atoms with E-state index in [0.717, 1.165) is 42.8 Å². The molecular formula is C14H20N4O. The number of hydrogen-bond acceptors (Lipinski definition) is 4. The molecule has 0 bridgehead atoms. The zero-order chi connectivity index (χ0) is 13.5. The minimum atomic E-state index is -0.560. The van der Waals surface area contributed by atoms with Gasteiger partial charge < -0.3 is 15.0 Å². The molecule has 5 nitrogen and oxygen atoms in total. The number of aromatic amines is 1. The average molecular weight is 260 g/mol. The summed E-state index contributed by atoms with van der Waals surface area (Å²) in [6.07, 6.45) is 5.24. The zero-order valence-corrected chi connectivity index (χ0v) is 11.4. The number of aliphatic hydroxyl groups is 1. The molecular weight excluding hydrogens is 240 g/mol. The van der Waals surface area contributed by atoms with E-state index >= 15 is 0 Å². The van der Waals surface area contributed by atoms with E-state index in [4.69, 9.17) is 0 Å². The van der Waals surface area contributed by atoms with E-state index in [9.17, 15) is 5.11 Å². The second kappa shape index (κ2) is 4.49. The van der Waals surface area contributed by atoms with Gasteiger partial charge in [0.2, 0.25) is 0 Å². The predicted molar refractivity (Wildman–Crippen MR) is 75.1 cm³/mol. The Labute approximate surface area is 112 Å². The summed E-state index contributed by atoms with van der Waals surface area (Å²) < 4.78 is 0. The van der Waals surface area contributed by atoms with Crippen LogP contribution in [0.3, 0.4) is 0 Å². The zero-order valence-electron chi connectivity index (χ0n) is 11.4. The SMILES string of the molecule is CC[C@H]1CN(c2ncnc3[nH]ccc23)CC[C@@]1(C)O. The topological polar surface area (TPSA) is 65.0 Å². The summed E-state index contributed by atoms with van der Waals surface area (Å²) in [5.41, 5.74) is 0.311. The van der Waals surface area contributed by atoms with E-state index < -0.39 is 5.60 Å². The molecule has 3 rings (SSSR count). The number of piperidine rings is 1. The van der Waals surface area contributed by atoms with E-state index in [2.05, 4.69) is 26.8 Å². The van der Waals surface area contributed by atoms with Crippen LogP contribution in [0.15, 0.2) is 18.6 Å². The predicted octanol–water partition coefficient (Wildman–Crippen LogP) is 1.95. The van der Waals surface area contributed by atoms with Crippen molar-refractivity contribution in [2.75, 3.05) is 18.0 Å². The minimum Gasteiger partial charge on any atom is -0.390 e. The Balaban J connectivity index is 1.93. The van der Waals surface area contributed by atoms with Crippen LogP contribution in [0.4, 0.5) is 5.82 Å². The van der Waals surface area contributed by atoms with Gasteiger partial charge in [-0.2, -0.15) is 0 Å². The van der Waals surface area contributed by atoms with Crippen LogP contribution in [-0.2, 0) is 0 Å². The molecule has 1 fully saturated rings. The molecule has 2 aromatic heterocycles. The molecule has 0 aliphatic carbocycles. The summed E-state index contributed by atoms with van der Waals surface area (Å²) in [7, 11) is 0. The van der Waals surface area contributed by atoms with Crippen LogP contribution in [0, 0.1) is 5.92 Å². The highest BCUT2D eigenvalue weighted by Gasteiger charge is 2.37. The lowest BCUT2D eigenvalue weighted by Gasteiger charge is -2.43. The Morgan fingerprint density at radius 2 is 2.37 bits per heavy atom. The second-order valence-corrected chi connectivity index (χ2v) is 5.60. The van der Waals surface area contributed by atoms with Crippen molar-refractivity contribution in [1.82, 2.24) is 15.0 Å². The van der Waals surface area contributed by atoms with Crippen molar-refractivity contribution in [1.29, 1.82) is 0 Å². The second-order valence-electron chi connectivity index (χ2n) is 5.60. The maximum Gasteiger partial charge on any atom is 0.142 e. The lowest BCUT2D eigenvalue weighted by Crippen LogP contribution is -2.50. The Kier molecular flexibility index (Phi) is 2.93. The van der Waals surface area contributed by atoms with E-state index in [-0.39, 0.29) is 5.92 Å². The molecule has 0 radical (unpaired) electrons. The molecule has 0 unspecified atom stereocenters. The van der Waals surface area contributed by atoms with Gasteiger partial charge in [-0.05, 0) is 25.8 Å². The summed E-state index contributed by atoms with van der Waals surface area (Å²) in [5.74, 6) is 1.26. The van der Waals surface area contributed by atoms with Gasteiger partial charge in [0.05, 0.1) is 11.0 Å². The number of H-pyrrole nitrogens is 1. The monoisotopic (exact) mass is 260 g/mol. The standard InChI is InChI=1S/C14H20N4O/c1-3-10-8-18(7-5-14(10,2)19)13-11-4-6-15-12(11)16-9-17-13/h4,6,9-10,19H,3,5,7-8H2,1-2H3,(H,15,16,17)/t10-,14+/m0/s1. The van der Waals surface area contributed by atoms with Crippen LogP contribution in [-0.4, -0.2) is 38.7 Å². The van der Waals surface area contributed by atoms with E-state index in [1.54, 1.807) is 6.33 Å². The van der Waals surface area contributed by atoms with Crippen molar-refractivity contribution in [3.8, 4) is 0 Å². The Morgan fingerprint density at radius 3 is 3.16 bits per heavy atom. The maximum atomic E-state index is 10.4. The summed E-state index contributed by atoms with van der Waals surface area (Å²) >= 11 is 0. The fourth-order valence-electron chi connectivity index (χ4n) is 2.99. The molecule has 0 saturated carbocycles. The molecule has 1 aliphatic heterocycles. The van der Waals surface area contributed by atoms with Crippen LogP contribution >= 0.6 is 0 Å². The average Bonchev–Trinajstić information content (AvgIpc) is 2.86. The van der Waals surface area contributed by atoms with Crippen molar-refractivity contribution in [2.24, 2.45) is 5.92 Å². The van der Waals surface area contributed by atoms with Gasteiger partial charge in [0.25, 0.3) is 0 Å². The quantitative estimate of drug-likeness (QED) is 0.866. The van der Waals surface area contributed by atoms with Crippen molar-refractivity contribution in [3.05, 3.63) is 18.6 Å².